The molecule has 1 saturated carbocycles. The van der Waals surface area contributed by atoms with Crippen LogP contribution in [0.25, 0.3) is 0 Å². The fraction of sp³-hybridized carbons (Fsp3) is 0.800. The molecule has 3 atom stereocenters. The van der Waals surface area contributed by atoms with Crippen LogP contribution in [0.4, 0.5) is 13.6 Å². The van der Waals surface area contributed by atoms with Gasteiger partial charge in [0.2, 0.25) is 23.6 Å². The van der Waals surface area contributed by atoms with Gasteiger partial charge in [0.15, 0.2) is 0 Å². The first-order chi connectivity index (χ1) is 14.5. The number of ether oxygens (including phenoxy) is 1. The molecule has 176 valence electrons. The molecule has 0 aromatic carbocycles. The van der Waals surface area contributed by atoms with Crippen LogP contribution in [0.15, 0.2) is 0 Å². The van der Waals surface area contributed by atoms with Gasteiger partial charge in [0, 0.05) is 25.3 Å². The molecule has 9 nitrogen and oxygen atoms in total. The third kappa shape index (κ3) is 7.95. The van der Waals surface area contributed by atoms with Crippen molar-refractivity contribution >= 4 is 23.8 Å². The summed E-state index contributed by atoms with van der Waals surface area (Å²) >= 11 is 0. The molecular formula is C20H32F2N4O5. The van der Waals surface area contributed by atoms with Crippen molar-refractivity contribution in [3.8, 4) is 0 Å². The average molecular weight is 446 g/mol. The zero-order chi connectivity index (χ0) is 23.2. The van der Waals surface area contributed by atoms with Crippen molar-refractivity contribution in [2.45, 2.75) is 82.9 Å². The first kappa shape index (κ1) is 24.8. The Balaban J connectivity index is 1.94. The summed E-state index contributed by atoms with van der Waals surface area (Å²) in [6.07, 6.45) is -1.24. The molecule has 11 heteroatoms. The van der Waals surface area contributed by atoms with E-state index < -0.39 is 47.9 Å². The summed E-state index contributed by atoms with van der Waals surface area (Å²) in [5.74, 6) is -4.74. The molecule has 1 aliphatic carbocycles. The molecule has 5 N–H and O–H groups in total. The lowest BCUT2D eigenvalue weighted by molar-refractivity contribution is -0.130. The van der Waals surface area contributed by atoms with Crippen LogP contribution in [-0.4, -0.2) is 54.5 Å². The topological polar surface area (TPSA) is 140 Å². The van der Waals surface area contributed by atoms with E-state index in [-0.39, 0.29) is 50.4 Å². The molecule has 1 saturated heterocycles. The number of alkyl halides is 2. The fourth-order valence-corrected chi connectivity index (χ4v) is 3.84. The standard InChI is InChI=1S/C20H32F2N4O5/c1-11(2)9-15(26-19(30)31-13-3-6-20(21,22)7-4-13)18(29)25-14(16(23)27)10-12-5-8-24-17(12)28/h11-15H,3-10H2,1-2H3,(H2,23,27)(H,24,28)(H,25,29)(H,26,30)/t12-,14-,15-/m0/s1. The number of alkyl carbamates (subject to hydrolysis) is 1. The monoisotopic (exact) mass is 446 g/mol. The number of primary amides is 1. The molecular weight excluding hydrogens is 414 g/mol. The molecule has 0 aromatic heterocycles. The quantitative estimate of drug-likeness (QED) is 0.421. The summed E-state index contributed by atoms with van der Waals surface area (Å²) in [5.41, 5.74) is 5.40. The maximum atomic E-state index is 13.3. The molecule has 0 aromatic rings. The highest BCUT2D eigenvalue weighted by Gasteiger charge is 2.37. The average Bonchev–Trinajstić information content (AvgIpc) is 3.06. The number of hydrogen-bond donors (Lipinski definition) is 4. The van der Waals surface area contributed by atoms with Gasteiger partial charge in [-0.05, 0) is 38.0 Å². The van der Waals surface area contributed by atoms with Crippen molar-refractivity contribution in [3.63, 3.8) is 0 Å². The molecule has 2 fully saturated rings. The van der Waals surface area contributed by atoms with Crippen LogP contribution in [0.1, 0.15) is 58.8 Å². The Bertz CT molecular complexity index is 678. The van der Waals surface area contributed by atoms with Gasteiger partial charge in [-0.25, -0.2) is 13.6 Å². The van der Waals surface area contributed by atoms with Gasteiger partial charge >= 0.3 is 6.09 Å². The second-order valence-electron chi connectivity index (χ2n) is 8.76. The maximum Gasteiger partial charge on any atom is 0.408 e. The highest BCUT2D eigenvalue weighted by Crippen LogP contribution is 2.34. The van der Waals surface area contributed by atoms with Crippen LogP contribution in [-0.2, 0) is 19.1 Å². The van der Waals surface area contributed by atoms with E-state index in [9.17, 15) is 28.0 Å². The molecule has 0 unspecified atom stereocenters. The Morgan fingerprint density at radius 3 is 2.32 bits per heavy atom. The van der Waals surface area contributed by atoms with Crippen LogP contribution in [0, 0.1) is 11.8 Å². The normalized spacial score (nSPS) is 23.0. The van der Waals surface area contributed by atoms with Gasteiger partial charge in [0.25, 0.3) is 0 Å². The van der Waals surface area contributed by atoms with Crippen molar-refractivity contribution in [2.75, 3.05) is 6.54 Å². The number of rotatable bonds is 9. The van der Waals surface area contributed by atoms with Crippen LogP contribution < -0.4 is 21.7 Å². The number of carbonyl (C=O) groups is 4. The summed E-state index contributed by atoms with van der Waals surface area (Å²) in [6, 6.07) is -2.06. The van der Waals surface area contributed by atoms with Crippen molar-refractivity contribution in [1.82, 2.24) is 16.0 Å². The number of amides is 4. The minimum absolute atomic E-state index is 0.0251. The van der Waals surface area contributed by atoms with Gasteiger partial charge in [0.05, 0.1) is 0 Å². The lowest BCUT2D eigenvalue weighted by atomic mass is 9.94. The third-order valence-electron chi connectivity index (χ3n) is 5.60. The Hall–Kier alpha value is -2.46. The van der Waals surface area contributed by atoms with E-state index in [1.54, 1.807) is 0 Å². The van der Waals surface area contributed by atoms with Crippen LogP contribution >= 0.6 is 0 Å². The second-order valence-corrected chi connectivity index (χ2v) is 8.76. The SMILES string of the molecule is CC(C)C[C@H](NC(=O)OC1CCC(F)(F)CC1)C(=O)N[C@@H](C[C@@H]1CCNC1=O)C(N)=O. The van der Waals surface area contributed by atoms with Gasteiger partial charge in [-0.2, -0.15) is 0 Å². The fourth-order valence-electron chi connectivity index (χ4n) is 3.84. The largest absolute Gasteiger partial charge is 0.446 e. The van der Waals surface area contributed by atoms with E-state index in [0.717, 1.165) is 0 Å². The number of nitrogens with one attached hydrogen (secondary N) is 3. The Labute approximate surface area is 180 Å². The van der Waals surface area contributed by atoms with Gasteiger partial charge in [0.1, 0.15) is 18.2 Å². The number of nitrogens with two attached hydrogens (primary N) is 1. The molecule has 2 rings (SSSR count). The second kappa shape index (κ2) is 10.7. The van der Waals surface area contributed by atoms with Gasteiger partial charge in [-0.3, -0.25) is 14.4 Å². The van der Waals surface area contributed by atoms with Crippen molar-refractivity contribution in [1.29, 1.82) is 0 Å². The molecule has 1 heterocycles. The van der Waals surface area contributed by atoms with Gasteiger partial charge < -0.3 is 26.4 Å². The summed E-state index contributed by atoms with van der Waals surface area (Å²) in [5, 5.41) is 7.66. The number of carbonyl (C=O) groups excluding carboxylic acids is 4. The van der Waals surface area contributed by atoms with Crippen LogP contribution in [0.2, 0.25) is 0 Å². The highest BCUT2D eigenvalue weighted by molar-refractivity contribution is 5.91. The Morgan fingerprint density at radius 1 is 1.16 bits per heavy atom. The summed E-state index contributed by atoms with van der Waals surface area (Å²) in [7, 11) is 0. The summed E-state index contributed by atoms with van der Waals surface area (Å²) < 4.78 is 31.7. The van der Waals surface area contributed by atoms with E-state index in [1.165, 1.54) is 0 Å². The Morgan fingerprint density at radius 2 is 1.81 bits per heavy atom. The van der Waals surface area contributed by atoms with E-state index in [2.05, 4.69) is 16.0 Å². The lowest BCUT2D eigenvalue weighted by Gasteiger charge is -2.29. The first-order valence-corrected chi connectivity index (χ1v) is 10.7. The number of halogens is 2. The molecule has 0 radical (unpaired) electrons. The van der Waals surface area contributed by atoms with Gasteiger partial charge in [-0.1, -0.05) is 13.8 Å². The maximum absolute atomic E-state index is 13.3. The Kier molecular flexibility index (Phi) is 8.58. The van der Waals surface area contributed by atoms with Gasteiger partial charge in [-0.15, -0.1) is 0 Å². The molecule has 31 heavy (non-hydrogen) atoms. The van der Waals surface area contributed by atoms with E-state index in [4.69, 9.17) is 10.5 Å². The van der Waals surface area contributed by atoms with Crippen LogP contribution in [0.5, 0.6) is 0 Å². The minimum atomic E-state index is -2.74. The van der Waals surface area contributed by atoms with E-state index >= 15 is 0 Å². The minimum Gasteiger partial charge on any atom is -0.446 e. The molecule has 4 amide bonds. The number of hydrogen-bond acceptors (Lipinski definition) is 5. The van der Waals surface area contributed by atoms with E-state index in [0.29, 0.717) is 13.0 Å². The van der Waals surface area contributed by atoms with Crippen molar-refractivity contribution in [3.05, 3.63) is 0 Å². The van der Waals surface area contributed by atoms with Crippen molar-refractivity contribution < 1.29 is 32.7 Å². The van der Waals surface area contributed by atoms with E-state index in [1.807, 2.05) is 13.8 Å². The molecule has 2 aliphatic rings. The van der Waals surface area contributed by atoms with Crippen LogP contribution in [0.3, 0.4) is 0 Å². The molecule has 1 aliphatic heterocycles. The zero-order valence-corrected chi connectivity index (χ0v) is 17.9. The smallest absolute Gasteiger partial charge is 0.408 e. The zero-order valence-electron chi connectivity index (χ0n) is 17.9. The first-order valence-electron chi connectivity index (χ1n) is 10.7. The summed E-state index contributed by atoms with van der Waals surface area (Å²) in [6.45, 7) is 4.20. The summed E-state index contributed by atoms with van der Waals surface area (Å²) in [4.78, 5) is 48.6. The lowest BCUT2D eigenvalue weighted by Crippen LogP contribution is -2.54. The molecule has 0 bridgehead atoms. The predicted octanol–water partition coefficient (Wildman–Crippen LogP) is 1.20. The highest BCUT2D eigenvalue weighted by atomic mass is 19.3. The third-order valence-corrected chi connectivity index (χ3v) is 5.60. The predicted molar refractivity (Wildman–Crippen MR) is 107 cm³/mol. The van der Waals surface area contributed by atoms with Crippen molar-refractivity contribution in [2.24, 2.45) is 17.6 Å². The molecule has 0 spiro atoms.